The van der Waals surface area contributed by atoms with E-state index in [2.05, 4.69) is 9.97 Å². The van der Waals surface area contributed by atoms with E-state index in [0.29, 0.717) is 11.0 Å². The first-order valence-corrected chi connectivity index (χ1v) is 5.33. The second-order valence-corrected chi connectivity index (χ2v) is 3.68. The molecule has 76 valence electrons. The van der Waals surface area contributed by atoms with Crippen molar-refractivity contribution in [1.29, 1.82) is 0 Å². The summed E-state index contributed by atoms with van der Waals surface area (Å²) < 4.78 is 0. The highest BCUT2D eigenvalue weighted by atomic mass is 35.5. The quantitative estimate of drug-likeness (QED) is 0.591. The van der Waals surface area contributed by atoms with E-state index in [9.17, 15) is 0 Å². The Hall–Kier alpha value is -1.12. The molecule has 2 aromatic heterocycles. The second kappa shape index (κ2) is 4.60. The predicted octanol–water partition coefficient (Wildman–Crippen LogP) is 3.54. The average molecular weight is 239 g/mol. The van der Waals surface area contributed by atoms with Gasteiger partial charge in [0.05, 0.1) is 0 Å². The fourth-order valence-corrected chi connectivity index (χ4v) is 1.68. The normalized spacial score (nSPS) is 10.3. The Bertz CT molecular complexity index is 472. The molecule has 2 nitrogen and oxygen atoms in total. The van der Waals surface area contributed by atoms with E-state index in [-0.39, 0.29) is 0 Å². The van der Waals surface area contributed by atoms with Gasteiger partial charge in [0, 0.05) is 35.6 Å². The fourth-order valence-electron chi connectivity index (χ4n) is 1.31. The van der Waals surface area contributed by atoms with Crippen LogP contribution in [-0.4, -0.2) is 9.97 Å². The third-order valence-corrected chi connectivity index (χ3v) is 2.63. The highest BCUT2D eigenvalue weighted by molar-refractivity contribution is 6.32. The van der Waals surface area contributed by atoms with Gasteiger partial charge in [0.15, 0.2) is 0 Å². The molecule has 2 aromatic rings. The summed E-state index contributed by atoms with van der Waals surface area (Å²) in [4.78, 5) is 8.12. The minimum Gasteiger partial charge on any atom is -0.264 e. The summed E-state index contributed by atoms with van der Waals surface area (Å²) in [6.45, 7) is 0. The lowest BCUT2D eigenvalue weighted by Gasteiger charge is -2.03. The maximum atomic E-state index is 5.98. The number of pyridine rings is 2. The van der Waals surface area contributed by atoms with Crippen molar-refractivity contribution in [3.05, 3.63) is 47.5 Å². The van der Waals surface area contributed by atoms with E-state index in [1.54, 1.807) is 18.6 Å². The van der Waals surface area contributed by atoms with Gasteiger partial charge in [-0.25, -0.2) is 4.98 Å². The second-order valence-electron chi connectivity index (χ2n) is 3.06. The average Bonchev–Trinajstić information content (AvgIpc) is 2.30. The molecular formula is C11H8Cl2N2. The van der Waals surface area contributed by atoms with Crippen LogP contribution in [0.1, 0.15) is 5.56 Å². The van der Waals surface area contributed by atoms with Gasteiger partial charge in [0.25, 0.3) is 0 Å². The van der Waals surface area contributed by atoms with Crippen LogP contribution in [0.25, 0.3) is 11.1 Å². The van der Waals surface area contributed by atoms with Crippen LogP contribution in [0.3, 0.4) is 0 Å². The zero-order valence-corrected chi connectivity index (χ0v) is 9.33. The lowest BCUT2D eigenvalue weighted by molar-refractivity contribution is 1.24. The van der Waals surface area contributed by atoms with Gasteiger partial charge in [0.2, 0.25) is 0 Å². The van der Waals surface area contributed by atoms with Crippen molar-refractivity contribution >= 4 is 23.2 Å². The van der Waals surface area contributed by atoms with Crippen molar-refractivity contribution in [1.82, 2.24) is 9.97 Å². The Kier molecular flexibility index (Phi) is 3.19. The van der Waals surface area contributed by atoms with E-state index in [1.807, 2.05) is 18.2 Å². The van der Waals surface area contributed by atoms with E-state index < -0.39 is 0 Å². The third-order valence-electron chi connectivity index (χ3n) is 2.02. The molecule has 0 unspecified atom stereocenters. The molecule has 0 aliphatic rings. The Morgan fingerprint density at radius 3 is 2.87 bits per heavy atom. The van der Waals surface area contributed by atoms with Crippen LogP contribution >= 0.6 is 23.2 Å². The maximum absolute atomic E-state index is 5.98. The first kappa shape index (κ1) is 10.4. The molecule has 0 radical (unpaired) electrons. The van der Waals surface area contributed by atoms with Crippen LogP contribution in [-0.2, 0) is 5.88 Å². The summed E-state index contributed by atoms with van der Waals surface area (Å²) in [5.41, 5.74) is 2.78. The fraction of sp³-hybridized carbons (Fsp3) is 0.0909. The number of alkyl halides is 1. The Balaban J connectivity index is 2.49. The number of nitrogens with zero attached hydrogens (tertiary/aromatic N) is 2. The van der Waals surface area contributed by atoms with E-state index in [1.165, 1.54) is 0 Å². The van der Waals surface area contributed by atoms with Crippen LogP contribution in [0.2, 0.25) is 5.15 Å². The molecule has 0 amide bonds. The monoisotopic (exact) mass is 238 g/mol. The van der Waals surface area contributed by atoms with Crippen molar-refractivity contribution in [3.8, 4) is 11.1 Å². The van der Waals surface area contributed by atoms with Crippen molar-refractivity contribution < 1.29 is 0 Å². The lowest BCUT2D eigenvalue weighted by atomic mass is 10.1. The van der Waals surface area contributed by atoms with Crippen LogP contribution in [0, 0.1) is 0 Å². The van der Waals surface area contributed by atoms with Crippen LogP contribution < -0.4 is 0 Å². The van der Waals surface area contributed by atoms with Crippen molar-refractivity contribution in [2.75, 3.05) is 0 Å². The van der Waals surface area contributed by atoms with Crippen LogP contribution in [0.5, 0.6) is 0 Å². The molecule has 0 aromatic carbocycles. The van der Waals surface area contributed by atoms with E-state index in [0.717, 1.165) is 16.7 Å². The number of aromatic nitrogens is 2. The molecule has 0 bridgehead atoms. The Morgan fingerprint density at radius 1 is 1.27 bits per heavy atom. The summed E-state index contributed by atoms with van der Waals surface area (Å²) in [6, 6.07) is 5.71. The minimum absolute atomic E-state index is 0.443. The summed E-state index contributed by atoms with van der Waals surface area (Å²) in [7, 11) is 0. The number of halogens is 2. The molecule has 0 atom stereocenters. The standard InChI is InChI=1S/C11H8Cl2N2/c12-5-8-4-9(7-14-6-8)10-2-1-3-15-11(10)13/h1-4,6-7H,5H2. The van der Waals surface area contributed by atoms with Crippen molar-refractivity contribution in [3.63, 3.8) is 0 Å². The Morgan fingerprint density at radius 2 is 2.13 bits per heavy atom. The number of hydrogen-bond donors (Lipinski definition) is 0. The highest BCUT2D eigenvalue weighted by Crippen LogP contribution is 2.25. The highest BCUT2D eigenvalue weighted by Gasteiger charge is 2.04. The summed E-state index contributed by atoms with van der Waals surface area (Å²) in [5, 5.41) is 0.478. The first-order chi connectivity index (χ1) is 7.31. The Labute approximate surface area is 97.9 Å². The molecule has 0 aliphatic heterocycles. The molecule has 4 heteroatoms. The van der Waals surface area contributed by atoms with Gasteiger partial charge >= 0.3 is 0 Å². The van der Waals surface area contributed by atoms with Gasteiger partial charge in [-0.15, -0.1) is 11.6 Å². The summed E-state index contributed by atoms with van der Waals surface area (Å²) in [6.07, 6.45) is 5.14. The van der Waals surface area contributed by atoms with Crippen LogP contribution in [0.4, 0.5) is 0 Å². The van der Waals surface area contributed by atoms with Crippen molar-refractivity contribution in [2.45, 2.75) is 5.88 Å². The van der Waals surface area contributed by atoms with E-state index >= 15 is 0 Å². The first-order valence-electron chi connectivity index (χ1n) is 4.42. The molecule has 0 spiro atoms. The molecule has 15 heavy (non-hydrogen) atoms. The molecule has 2 heterocycles. The smallest absolute Gasteiger partial charge is 0.136 e. The zero-order chi connectivity index (χ0) is 10.7. The number of hydrogen-bond acceptors (Lipinski definition) is 2. The molecular weight excluding hydrogens is 231 g/mol. The molecule has 0 aliphatic carbocycles. The van der Waals surface area contributed by atoms with Gasteiger partial charge in [-0.3, -0.25) is 4.98 Å². The largest absolute Gasteiger partial charge is 0.264 e. The van der Waals surface area contributed by atoms with Gasteiger partial charge in [-0.2, -0.15) is 0 Å². The van der Waals surface area contributed by atoms with Gasteiger partial charge in [-0.05, 0) is 23.8 Å². The van der Waals surface area contributed by atoms with Crippen molar-refractivity contribution in [2.24, 2.45) is 0 Å². The van der Waals surface area contributed by atoms with Gasteiger partial charge < -0.3 is 0 Å². The summed E-state index contributed by atoms with van der Waals surface area (Å²) >= 11 is 11.7. The van der Waals surface area contributed by atoms with Gasteiger partial charge in [0.1, 0.15) is 5.15 Å². The zero-order valence-electron chi connectivity index (χ0n) is 7.82. The maximum Gasteiger partial charge on any atom is 0.136 e. The van der Waals surface area contributed by atoms with Crippen LogP contribution in [0.15, 0.2) is 36.8 Å². The third kappa shape index (κ3) is 2.28. The molecule has 0 saturated heterocycles. The predicted molar refractivity (Wildman–Crippen MR) is 62.0 cm³/mol. The van der Waals surface area contributed by atoms with Gasteiger partial charge in [-0.1, -0.05) is 11.6 Å². The molecule has 0 N–H and O–H groups in total. The molecule has 2 rings (SSSR count). The molecule has 0 fully saturated rings. The van der Waals surface area contributed by atoms with E-state index in [4.69, 9.17) is 23.2 Å². The lowest BCUT2D eigenvalue weighted by Crippen LogP contribution is -1.86. The number of rotatable bonds is 2. The minimum atomic E-state index is 0.443. The topological polar surface area (TPSA) is 25.8 Å². The SMILES string of the molecule is ClCc1cncc(-c2cccnc2Cl)c1. The summed E-state index contributed by atoms with van der Waals surface area (Å²) in [5.74, 6) is 0.443. The molecule has 0 saturated carbocycles.